The largest absolute Gasteiger partial charge is 0.370 e. The molecule has 104 valence electrons. The van der Waals surface area contributed by atoms with Crippen LogP contribution in [-0.2, 0) is 4.79 Å². The van der Waals surface area contributed by atoms with Gasteiger partial charge in [-0.25, -0.2) is 4.39 Å². The van der Waals surface area contributed by atoms with Gasteiger partial charge in [0.25, 0.3) is 0 Å². The molecule has 0 aromatic heterocycles. The summed E-state index contributed by atoms with van der Waals surface area (Å²) in [4.78, 5) is 11.7. The Bertz CT molecular complexity index is 625. The van der Waals surface area contributed by atoms with Gasteiger partial charge in [0.05, 0.1) is 0 Å². The molecule has 0 saturated carbocycles. The van der Waals surface area contributed by atoms with E-state index >= 15 is 0 Å². The van der Waals surface area contributed by atoms with Crippen LogP contribution < -0.4 is 11.1 Å². The quantitative estimate of drug-likeness (QED) is 0.897. The first-order valence-corrected chi connectivity index (χ1v) is 6.84. The maximum absolute atomic E-state index is 13.4. The Morgan fingerprint density at radius 3 is 2.60 bits per heavy atom. The Hall–Kier alpha value is -1.88. The third-order valence-electron chi connectivity index (χ3n) is 2.85. The van der Waals surface area contributed by atoms with E-state index in [1.807, 2.05) is 18.2 Å². The predicted octanol–water partition coefficient (Wildman–Crippen LogP) is 3.54. The Morgan fingerprint density at radius 1 is 1.30 bits per heavy atom. The average molecular weight is 337 g/mol. The van der Waals surface area contributed by atoms with Crippen LogP contribution in [0.5, 0.6) is 0 Å². The standard InChI is InChI=1S/C15H14BrFN2O/c1-9-6-10(17)8-11(7-9)19-14(15(18)20)12-4-2-3-5-13(12)16/h2-8,14,19H,1H3,(H2,18,20). The highest BCUT2D eigenvalue weighted by Crippen LogP contribution is 2.27. The SMILES string of the molecule is Cc1cc(F)cc(NC(C(N)=O)c2ccccc2Br)c1. The lowest BCUT2D eigenvalue weighted by molar-refractivity contribution is -0.118. The van der Waals surface area contributed by atoms with Crippen LogP contribution in [0.25, 0.3) is 0 Å². The number of benzene rings is 2. The van der Waals surface area contributed by atoms with Crippen LogP contribution in [0, 0.1) is 12.7 Å². The van der Waals surface area contributed by atoms with Crippen molar-refractivity contribution >= 4 is 27.5 Å². The lowest BCUT2D eigenvalue weighted by Crippen LogP contribution is -2.28. The van der Waals surface area contributed by atoms with Gasteiger partial charge >= 0.3 is 0 Å². The molecule has 2 rings (SSSR count). The molecule has 0 radical (unpaired) electrons. The second-order valence-electron chi connectivity index (χ2n) is 4.52. The fourth-order valence-electron chi connectivity index (χ4n) is 2.00. The summed E-state index contributed by atoms with van der Waals surface area (Å²) < 4.78 is 14.2. The molecule has 1 amide bonds. The number of primary amides is 1. The molecule has 0 aliphatic carbocycles. The second-order valence-corrected chi connectivity index (χ2v) is 5.37. The number of carbonyl (C=O) groups is 1. The van der Waals surface area contributed by atoms with Crippen LogP contribution in [-0.4, -0.2) is 5.91 Å². The smallest absolute Gasteiger partial charge is 0.244 e. The van der Waals surface area contributed by atoms with Crippen molar-refractivity contribution in [1.29, 1.82) is 0 Å². The minimum absolute atomic E-state index is 0.358. The molecule has 3 N–H and O–H groups in total. The molecule has 0 fully saturated rings. The minimum Gasteiger partial charge on any atom is -0.370 e. The summed E-state index contributed by atoms with van der Waals surface area (Å²) >= 11 is 3.39. The van der Waals surface area contributed by atoms with E-state index in [0.717, 1.165) is 10.0 Å². The van der Waals surface area contributed by atoms with Gasteiger partial charge < -0.3 is 11.1 Å². The molecule has 1 unspecified atom stereocenters. The third kappa shape index (κ3) is 3.36. The molecule has 0 saturated heterocycles. The van der Waals surface area contributed by atoms with Crippen LogP contribution >= 0.6 is 15.9 Å². The lowest BCUT2D eigenvalue weighted by atomic mass is 10.1. The van der Waals surface area contributed by atoms with Crippen molar-refractivity contribution in [2.75, 3.05) is 5.32 Å². The van der Waals surface area contributed by atoms with Crippen LogP contribution in [0.2, 0.25) is 0 Å². The zero-order chi connectivity index (χ0) is 14.7. The topological polar surface area (TPSA) is 55.1 Å². The number of rotatable bonds is 4. The molecule has 20 heavy (non-hydrogen) atoms. The summed E-state index contributed by atoms with van der Waals surface area (Å²) in [6, 6.07) is 11.1. The summed E-state index contributed by atoms with van der Waals surface area (Å²) in [7, 11) is 0. The first kappa shape index (κ1) is 14.5. The van der Waals surface area contributed by atoms with E-state index in [0.29, 0.717) is 11.3 Å². The van der Waals surface area contributed by atoms with Crippen molar-refractivity contribution < 1.29 is 9.18 Å². The molecule has 0 heterocycles. The van der Waals surface area contributed by atoms with Gasteiger partial charge in [-0.15, -0.1) is 0 Å². The molecule has 0 aliphatic heterocycles. The average Bonchev–Trinajstić information content (AvgIpc) is 2.35. The van der Waals surface area contributed by atoms with Crippen molar-refractivity contribution in [3.63, 3.8) is 0 Å². The molecule has 2 aromatic rings. The van der Waals surface area contributed by atoms with Crippen molar-refractivity contribution in [1.82, 2.24) is 0 Å². The predicted molar refractivity (Wildman–Crippen MR) is 80.8 cm³/mol. The summed E-state index contributed by atoms with van der Waals surface area (Å²) in [5.74, 6) is -0.887. The van der Waals surface area contributed by atoms with Gasteiger partial charge in [-0.3, -0.25) is 4.79 Å². The molecule has 2 aromatic carbocycles. The Morgan fingerprint density at radius 2 is 2.00 bits per heavy atom. The fourth-order valence-corrected chi connectivity index (χ4v) is 2.51. The van der Waals surface area contributed by atoms with E-state index in [1.54, 1.807) is 19.1 Å². The van der Waals surface area contributed by atoms with Gasteiger partial charge in [-0.1, -0.05) is 34.1 Å². The van der Waals surface area contributed by atoms with Crippen molar-refractivity contribution in [3.8, 4) is 0 Å². The van der Waals surface area contributed by atoms with Gasteiger partial charge in [0.2, 0.25) is 5.91 Å². The minimum atomic E-state index is -0.730. The third-order valence-corrected chi connectivity index (χ3v) is 3.58. The number of nitrogens with one attached hydrogen (secondary N) is 1. The molecule has 0 spiro atoms. The molecule has 1 atom stereocenters. The molecule has 5 heteroatoms. The van der Waals surface area contributed by atoms with Crippen LogP contribution in [0.15, 0.2) is 46.9 Å². The van der Waals surface area contributed by atoms with E-state index in [2.05, 4.69) is 21.2 Å². The number of hydrogen-bond donors (Lipinski definition) is 2. The number of amides is 1. The normalized spacial score (nSPS) is 11.9. The maximum atomic E-state index is 13.4. The molecule has 0 aliphatic rings. The summed E-state index contributed by atoms with van der Waals surface area (Å²) in [5, 5.41) is 2.97. The van der Waals surface area contributed by atoms with Gasteiger partial charge in [0, 0.05) is 10.2 Å². The Labute approximate surface area is 125 Å². The van der Waals surface area contributed by atoms with Crippen LogP contribution in [0.3, 0.4) is 0 Å². The number of hydrogen-bond acceptors (Lipinski definition) is 2. The monoisotopic (exact) mass is 336 g/mol. The van der Waals surface area contributed by atoms with E-state index in [4.69, 9.17) is 5.73 Å². The van der Waals surface area contributed by atoms with Crippen molar-refractivity contribution in [2.45, 2.75) is 13.0 Å². The highest BCUT2D eigenvalue weighted by atomic mass is 79.9. The van der Waals surface area contributed by atoms with Crippen molar-refractivity contribution in [3.05, 3.63) is 63.9 Å². The lowest BCUT2D eigenvalue weighted by Gasteiger charge is -2.18. The van der Waals surface area contributed by atoms with E-state index in [-0.39, 0.29) is 5.82 Å². The van der Waals surface area contributed by atoms with E-state index in [9.17, 15) is 9.18 Å². The summed E-state index contributed by atoms with van der Waals surface area (Å²) in [5.41, 5.74) is 7.44. The summed E-state index contributed by atoms with van der Waals surface area (Å²) in [6.45, 7) is 1.78. The number of anilines is 1. The summed E-state index contributed by atoms with van der Waals surface area (Å²) in [6.07, 6.45) is 0. The van der Waals surface area contributed by atoms with E-state index < -0.39 is 11.9 Å². The number of nitrogens with two attached hydrogens (primary N) is 1. The van der Waals surface area contributed by atoms with Gasteiger partial charge in [-0.05, 0) is 42.3 Å². The van der Waals surface area contributed by atoms with Crippen LogP contribution in [0.4, 0.5) is 10.1 Å². The fraction of sp³-hybridized carbons (Fsp3) is 0.133. The number of halogens is 2. The highest BCUT2D eigenvalue weighted by molar-refractivity contribution is 9.10. The first-order chi connectivity index (χ1) is 9.47. The number of aryl methyl sites for hydroxylation is 1. The molecule has 3 nitrogen and oxygen atoms in total. The number of carbonyl (C=O) groups excluding carboxylic acids is 1. The van der Waals surface area contributed by atoms with Crippen molar-refractivity contribution in [2.24, 2.45) is 5.73 Å². The zero-order valence-electron chi connectivity index (χ0n) is 10.9. The Kier molecular flexibility index (Phi) is 4.39. The van der Waals surface area contributed by atoms with Crippen LogP contribution in [0.1, 0.15) is 17.2 Å². The Balaban J connectivity index is 2.36. The van der Waals surface area contributed by atoms with Gasteiger partial charge in [-0.2, -0.15) is 0 Å². The molecular weight excluding hydrogens is 323 g/mol. The highest BCUT2D eigenvalue weighted by Gasteiger charge is 2.20. The maximum Gasteiger partial charge on any atom is 0.244 e. The van der Waals surface area contributed by atoms with Gasteiger partial charge in [0.1, 0.15) is 11.9 Å². The second kappa shape index (κ2) is 6.05. The molecular formula is C15H14BrFN2O. The van der Waals surface area contributed by atoms with E-state index in [1.165, 1.54) is 12.1 Å². The first-order valence-electron chi connectivity index (χ1n) is 6.05. The zero-order valence-corrected chi connectivity index (χ0v) is 12.4. The van der Waals surface area contributed by atoms with Gasteiger partial charge in [0.15, 0.2) is 0 Å². The molecule has 0 bridgehead atoms.